The first kappa shape index (κ1) is 18.6. The Morgan fingerprint density at radius 3 is 2.33 bits per heavy atom. The quantitative estimate of drug-likeness (QED) is 0.693. The van der Waals surface area contributed by atoms with Gasteiger partial charge < -0.3 is 19.5 Å². The number of hydrogen-bond donors (Lipinski definition) is 1. The van der Waals surface area contributed by atoms with Gasteiger partial charge in [-0.2, -0.15) is 5.10 Å². The number of rotatable bonds is 7. The van der Waals surface area contributed by atoms with Crippen molar-refractivity contribution in [3.63, 3.8) is 0 Å². The average molecular weight is 369 g/mol. The van der Waals surface area contributed by atoms with E-state index in [0.29, 0.717) is 29.4 Å². The van der Waals surface area contributed by atoms with E-state index in [-0.39, 0.29) is 5.91 Å². The van der Waals surface area contributed by atoms with Crippen molar-refractivity contribution in [2.45, 2.75) is 20.0 Å². The predicted octanol–water partition coefficient (Wildman–Crippen LogP) is 3.01. The van der Waals surface area contributed by atoms with Crippen LogP contribution in [0.1, 0.15) is 23.0 Å². The lowest BCUT2D eigenvalue weighted by Gasteiger charge is -2.14. The van der Waals surface area contributed by atoms with E-state index in [1.807, 2.05) is 35.9 Å². The molecule has 0 spiro atoms. The Labute approximate surface area is 157 Å². The molecule has 0 aliphatic heterocycles. The minimum atomic E-state index is -0.246. The maximum Gasteiger partial charge on any atom is 0.251 e. The second-order valence-electron chi connectivity index (χ2n) is 5.88. The number of carbonyl (C=O) groups is 1. The van der Waals surface area contributed by atoms with Gasteiger partial charge in [0.1, 0.15) is 0 Å². The number of aromatic nitrogens is 2. The fraction of sp³-hybridized carbons (Fsp3) is 0.300. The second kappa shape index (κ2) is 7.99. The zero-order chi connectivity index (χ0) is 19.4. The van der Waals surface area contributed by atoms with Gasteiger partial charge >= 0.3 is 0 Å². The van der Waals surface area contributed by atoms with Crippen molar-refractivity contribution in [2.24, 2.45) is 0 Å². The van der Waals surface area contributed by atoms with Gasteiger partial charge in [-0.1, -0.05) is 18.2 Å². The Bertz CT molecular complexity index is 940. The summed E-state index contributed by atoms with van der Waals surface area (Å²) in [5, 5.41) is 8.55. The molecule has 142 valence electrons. The first-order valence-electron chi connectivity index (χ1n) is 8.65. The summed E-state index contributed by atoms with van der Waals surface area (Å²) in [5.74, 6) is 1.07. The summed E-state index contributed by atoms with van der Waals surface area (Å²) in [6.07, 6.45) is 0. The first-order chi connectivity index (χ1) is 13.1. The van der Waals surface area contributed by atoms with Crippen molar-refractivity contribution in [2.75, 3.05) is 21.3 Å². The molecule has 7 nitrogen and oxygen atoms in total. The highest BCUT2D eigenvalue weighted by Crippen LogP contribution is 2.38. The topological polar surface area (TPSA) is 74.6 Å². The number of ether oxygens (including phenoxy) is 3. The van der Waals surface area contributed by atoms with Crippen molar-refractivity contribution in [1.29, 1.82) is 0 Å². The smallest absolute Gasteiger partial charge is 0.251 e. The zero-order valence-corrected chi connectivity index (χ0v) is 15.9. The molecule has 0 saturated heterocycles. The molecule has 27 heavy (non-hydrogen) atoms. The molecular weight excluding hydrogens is 346 g/mol. The molecule has 0 atom stereocenters. The summed E-state index contributed by atoms with van der Waals surface area (Å²) >= 11 is 0. The fourth-order valence-corrected chi connectivity index (χ4v) is 3.05. The van der Waals surface area contributed by atoms with Crippen molar-refractivity contribution >= 4 is 16.8 Å². The summed E-state index contributed by atoms with van der Waals surface area (Å²) in [6, 6.07) is 11.2. The molecular formula is C20H23N3O4. The number of carbonyl (C=O) groups excluding carboxylic acids is 1. The molecule has 0 unspecified atom stereocenters. The molecule has 0 aliphatic carbocycles. The third-order valence-corrected chi connectivity index (χ3v) is 4.38. The molecule has 0 saturated carbocycles. The molecule has 3 rings (SSSR count). The zero-order valence-electron chi connectivity index (χ0n) is 15.9. The highest BCUT2D eigenvalue weighted by molar-refractivity contribution is 5.96. The van der Waals surface area contributed by atoms with Gasteiger partial charge in [-0.3, -0.25) is 9.48 Å². The van der Waals surface area contributed by atoms with Gasteiger partial charge in [0.15, 0.2) is 11.5 Å². The molecule has 2 aromatic carbocycles. The number of hydrogen-bond acceptors (Lipinski definition) is 5. The van der Waals surface area contributed by atoms with Crippen molar-refractivity contribution in [3.8, 4) is 17.2 Å². The minimum Gasteiger partial charge on any atom is -0.493 e. The van der Waals surface area contributed by atoms with Crippen LogP contribution in [0, 0.1) is 0 Å². The molecule has 1 aromatic heterocycles. The Kier molecular flexibility index (Phi) is 5.49. The summed E-state index contributed by atoms with van der Waals surface area (Å²) < 4.78 is 17.8. The van der Waals surface area contributed by atoms with Crippen molar-refractivity contribution < 1.29 is 19.0 Å². The summed E-state index contributed by atoms with van der Waals surface area (Å²) in [4.78, 5) is 12.7. The molecule has 1 N–H and O–H groups in total. The number of methoxy groups -OCH3 is 3. The normalized spacial score (nSPS) is 10.7. The van der Waals surface area contributed by atoms with E-state index in [2.05, 4.69) is 10.4 Å². The van der Waals surface area contributed by atoms with Crippen LogP contribution in [0.4, 0.5) is 0 Å². The largest absolute Gasteiger partial charge is 0.493 e. The molecule has 0 aliphatic rings. The number of aryl methyl sites for hydroxylation is 1. The molecule has 0 bridgehead atoms. The molecule has 1 heterocycles. The van der Waals surface area contributed by atoms with Gasteiger partial charge in [-0.05, 0) is 25.1 Å². The van der Waals surface area contributed by atoms with Crippen LogP contribution < -0.4 is 19.5 Å². The molecule has 3 aromatic rings. The van der Waals surface area contributed by atoms with Crippen molar-refractivity contribution in [1.82, 2.24) is 15.1 Å². The number of para-hydroxylation sites is 1. The lowest BCUT2D eigenvalue weighted by atomic mass is 10.1. The summed E-state index contributed by atoms with van der Waals surface area (Å²) in [5.41, 5.74) is 2.30. The van der Waals surface area contributed by atoms with E-state index in [9.17, 15) is 4.79 Å². The minimum absolute atomic E-state index is 0.246. The molecule has 0 fully saturated rings. The Balaban J connectivity index is 1.84. The third-order valence-electron chi connectivity index (χ3n) is 4.38. The van der Waals surface area contributed by atoms with Crippen LogP contribution in [-0.2, 0) is 13.1 Å². The maximum atomic E-state index is 12.7. The summed E-state index contributed by atoms with van der Waals surface area (Å²) in [6.45, 7) is 3.13. The molecule has 1 amide bonds. The number of nitrogens with one attached hydrogen (secondary N) is 1. The molecule has 7 heteroatoms. The number of benzene rings is 2. The molecule has 0 radical (unpaired) electrons. The lowest BCUT2D eigenvalue weighted by Crippen LogP contribution is -2.23. The predicted molar refractivity (Wildman–Crippen MR) is 103 cm³/mol. The van der Waals surface area contributed by atoms with E-state index >= 15 is 0 Å². The third kappa shape index (κ3) is 3.53. The fourth-order valence-electron chi connectivity index (χ4n) is 3.05. The van der Waals surface area contributed by atoms with Gasteiger partial charge in [0, 0.05) is 17.5 Å². The van der Waals surface area contributed by atoms with Crippen LogP contribution in [0.5, 0.6) is 17.2 Å². The van der Waals surface area contributed by atoms with Crippen LogP contribution in [-0.4, -0.2) is 37.0 Å². The van der Waals surface area contributed by atoms with Gasteiger partial charge in [0.2, 0.25) is 5.75 Å². The highest BCUT2D eigenvalue weighted by Gasteiger charge is 2.17. The Hall–Kier alpha value is -3.22. The van der Waals surface area contributed by atoms with Crippen LogP contribution in [0.3, 0.4) is 0 Å². The van der Waals surface area contributed by atoms with Crippen LogP contribution >= 0.6 is 0 Å². The van der Waals surface area contributed by atoms with E-state index in [1.54, 1.807) is 12.1 Å². The van der Waals surface area contributed by atoms with Gasteiger partial charge in [-0.15, -0.1) is 0 Å². The van der Waals surface area contributed by atoms with Crippen LogP contribution in [0.15, 0.2) is 36.4 Å². The SMILES string of the molecule is CCn1nc(CNC(=O)c2cc(OC)c(OC)c(OC)c2)c2ccccc21. The Morgan fingerprint density at radius 2 is 1.74 bits per heavy atom. The maximum absolute atomic E-state index is 12.7. The Morgan fingerprint density at radius 1 is 1.07 bits per heavy atom. The lowest BCUT2D eigenvalue weighted by molar-refractivity contribution is 0.0949. The standard InChI is InChI=1S/C20H23N3O4/c1-5-23-16-9-7-6-8-14(16)15(22-23)12-21-20(24)13-10-17(25-2)19(27-4)18(11-13)26-3/h6-11H,5,12H2,1-4H3,(H,21,24). The van der Waals surface area contributed by atoms with E-state index in [1.165, 1.54) is 21.3 Å². The van der Waals surface area contributed by atoms with E-state index in [4.69, 9.17) is 14.2 Å². The number of fused-ring (bicyclic) bond motifs is 1. The van der Waals surface area contributed by atoms with Crippen LogP contribution in [0.25, 0.3) is 10.9 Å². The first-order valence-corrected chi connectivity index (χ1v) is 8.65. The number of amides is 1. The van der Waals surface area contributed by atoms with Gasteiger partial charge in [0.25, 0.3) is 5.91 Å². The van der Waals surface area contributed by atoms with Crippen molar-refractivity contribution in [3.05, 3.63) is 47.7 Å². The highest BCUT2D eigenvalue weighted by atomic mass is 16.5. The average Bonchev–Trinajstić information content (AvgIpc) is 3.08. The van der Waals surface area contributed by atoms with Gasteiger partial charge in [0.05, 0.1) is 39.1 Å². The monoisotopic (exact) mass is 369 g/mol. The van der Waals surface area contributed by atoms with Crippen LogP contribution in [0.2, 0.25) is 0 Å². The summed E-state index contributed by atoms with van der Waals surface area (Å²) in [7, 11) is 4.56. The van der Waals surface area contributed by atoms with E-state index in [0.717, 1.165) is 23.1 Å². The van der Waals surface area contributed by atoms with E-state index < -0.39 is 0 Å². The number of nitrogens with zero attached hydrogens (tertiary/aromatic N) is 2. The van der Waals surface area contributed by atoms with Gasteiger partial charge in [-0.25, -0.2) is 0 Å². The second-order valence-corrected chi connectivity index (χ2v) is 5.88.